The zero-order chi connectivity index (χ0) is 36.5. The van der Waals surface area contributed by atoms with Crippen LogP contribution in [0.4, 0.5) is 4.39 Å². The van der Waals surface area contributed by atoms with Crippen LogP contribution in [-0.4, -0.2) is 19.9 Å². The second-order valence-electron chi connectivity index (χ2n) is 14.0. The van der Waals surface area contributed by atoms with Crippen molar-refractivity contribution < 1.29 is 4.39 Å². The first kappa shape index (κ1) is 31.2. The van der Waals surface area contributed by atoms with Crippen molar-refractivity contribution in [3.63, 3.8) is 0 Å². The molecule has 0 aliphatic heterocycles. The summed E-state index contributed by atoms with van der Waals surface area (Å²) in [4.78, 5) is 19.3. The molecule has 0 aliphatic carbocycles. The Hall–Kier alpha value is -7.37. The van der Waals surface area contributed by atoms with Gasteiger partial charge in [-0.05, 0) is 86.6 Å². The van der Waals surface area contributed by atoms with Crippen molar-refractivity contribution in [2.24, 2.45) is 0 Å². The summed E-state index contributed by atoms with van der Waals surface area (Å²) in [5.74, 6) is -0.299. The number of aromatic nitrogens is 4. The molecule has 0 unspecified atom stereocenters. The SMILES string of the molecule is Fc1ccc2cc3cc(-c4ccc(-c5ccc(-c6ccc(-c7ccc8ccc9cccnc9c8n7)cc6)c6ccccc56)cc4)c4cccnc4c3nc2c1. The maximum absolute atomic E-state index is 14.1. The first-order valence-electron chi connectivity index (χ1n) is 18.3. The van der Waals surface area contributed by atoms with E-state index in [2.05, 4.69) is 138 Å². The summed E-state index contributed by atoms with van der Waals surface area (Å²) < 4.78 is 14.1. The van der Waals surface area contributed by atoms with Gasteiger partial charge in [-0.15, -0.1) is 0 Å². The minimum atomic E-state index is -0.299. The molecular formula is C50H29FN4. The van der Waals surface area contributed by atoms with Gasteiger partial charge >= 0.3 is 0 Å². The molecule has 4 aromatic heterocycles. The van der Waals surface area contributed by atoms with Gasteiger partial charge in [0.05, 0.1) is 33.3 Å². The van der Waals surface area contributed by atoms with Gasteiger partial charge in [0.25, 0.3) is 0 Å². The smallest absolute Gasteiger partial charge is 0.125 e. The number of benzene rings is 7. The Morgan fingerprint density at radius 2 is 0.909 bits per heavy atom. The number of halogens is 1. The molecule has 0 atom stereocenters. The molecular weight excluding hydrogens is 676 g/mol. The van der Waals surface area contributed by atoms with E-state index < -0.39 is 0 Å². The van der Waals surface area contributed by atoms with E-state index in [-0.39, 0.29) is 5.82 Å². The van der Waals surface area contributed by atoms with E-state index in [1.54, 1.807) is 12.3 Å². The minimum absolute atomic E-state index is 0.299. The quantitative estimate of drug-likeness (QED) is 0.135. The zero-order valence-electron chi connectivity index (χ0n) is 29.4. The number of nitrogens with zero attached hydrogens (tertiary/aromatic N) is 4. The lowest BCUT2D eigenvalue weighted by Gasteiger charge is -2.14. The molecule has 55 heavy (non-hydrogen) atoms. The van der Waals surface area contributed by atoms with Gasteiger partial charge in [-0.1, -0.05) is 115 Å². The molecule has 11 rings (SSSR count). The molecule has 7 aromatic carbocycles. The van der Waals surface area contributed by atoms with Crippen molar-refractivity contribution in [2.45, 2.75) is 0 Å². The Morgan fingerprint density at radius 3 is 1.64 bits per heavy atom. The van der Waals surface area contributed by atoms with Crippen LogP contribution in [0.1, 0.15) is 0 Å². The Balaban J connectivity index is 0.950. The van der Waals surface area contributed by atoms with Gasteiger partial charge in [0.2, 0.25) is 0 Å². The van der Waals surface area contributed by atoms with Crippen LogP contribution in [0, 0.1) is 5.82 Å². The van der Waals surface area contributed by atoms with Crippen LogP contribution in [0.25, 0.3) is 110 Å². The van der Waals surface area contributed by atoms with E-state index in [1.165, 1.54) is 34.0 Å². The molecule has 0 fully saturated rings. The van der Waals surface area contributed by atoms with Gasteiger partial charge in [0.15, 0.2) is 0 Å². The maximum Gasteiger partial charge on any atom is 0.125 e. The van der Waals surface area contributed by atoms with E-state index in [9.17, 15) is 4.39 Å². The summed E-state index contributed by atoms with van der Waals surface area (Å²) in [6, 6.07) is 56.1. The molecule has 0 radical (unpaired) electrons. The summed E-state index contributed by atoms with van der Waals surface area (Å²) in [5.41, 5.74) is 12.9. The van der Waals surface area contributed by atoms with Gasteiger partial charge in [-0.3, -0.25) is 9.97 Å². The molecule has 4 heterocycles. The van der Waals surface area contributed by atoms with Crippen LogP contribution in [-0.2, 0) is 0 Å². The summed E-state index contributed by atoms with van der Waals surface area (Å²) in [5, 5.41) is 7.44. The van der Waals surface area contributed by atoms with Crippen LogP contribution in [0.15, 0.2) is 176 Å². The van der Waals surface area contributed by atoms with E-state index in [1.807, 2.05) is 18.3 Å². The highest BCUT2D eigenvalue weighted by Gasteiger charge is 2.15. The lowest BCUT2D eigenvalue weighted by molar-refractivity contribution is 0.629. The molecule has 0 amide bonds. The molecule has 11 aromatic rings. The highest BCUT2D eigenvalue weighted by atomic mass is 19.1. The fraction of sp³-hybridized carbons (Fsp3) is 0. The number of pyridine rings is 4. The summed E-state index contributed by atoms with van der Waals surface area (Å²) in [6.45, 7) is 0. The van der Waals surface area contributed by atoms with Crippen molar-refractivity contribution in [2.75, 3.05) is 0 Å². The van der Waals surface area contributed by atoms with E-state index in [0.29, 0.717) is 5.52 Å². The van der Waals surface area contributed by atoms with Gasteiger partial charge in [0.1, 0.15) is 5.82 Å². The summed E-state index contributed by atoms with van der Waals surface area (Å²) >= 11 is 0. The second kappa shape index (κ2) is 12.4. The van der Waals surface area contributed by atoms with Crippen LogP contribution < -0.4 is 0 Å². The Labute approximate surface area is 315 Å². The van der Waals surface area contributed by atoms with Gasteiger partial charge in [-0.2, -0.15) is 0 Å². The molecule has 0 saturated heterocycles. The van der Waals surface area contributed by atoms with Crippen molar-refractivity contribution in [1.82, 2.24) is 19.9 Å². The lowest BCUT2D eigenvalue weighted by Crippen LogP contribution is -1.91. The fourth-order valence-corrected chi connectivity index (χ4v) is 8.08. The van der Waals surface area contributed by atoms with Crippen molar-refractivity contribution in [3.05, 3.63) is 182 Å². The third-order valence-electron chi connectivity index (χ3n) is 10.8. The van der Waals surface area contributed by atoms with E-state index >= 15 is 0 Å². The highest BCUT2D eigenvalue weighted by molar-refractivity contribution is 6.13. The minimum Gasteiger partial charge on any atom is -0.254 e. The van der Waals surface area contributed by atoms with Gasteiger partial charge < -0.3 is 0 Å². The molecule has 0 N–H and O–H groups in total. The number of rotatable bonds is 4. The third kappa shape index (κ3) is 5.20. The summed E-state index contributed by atoms with van der Waals surface area (Å²) in [6.07, 6.45) is 3.61. The Kier molecular flexibility index (Phi) is 7.01. The molecule has 0 spiro atoms. The topological polar surface area (TPSA) is 51.6 Å². The predicted octanol–water partition coefficient (Wildman–Crippen LogP) is 13.0. The standard InChI is InChI=1S/C50H29FN4/c51-38-21-19-36-27-37-28-44(43-8-4-26-53-50(43)49(37)55-46(36)29-38)32-11-9-30(10-12-32)39-22-23-40(42-7-2-1-6-41(39)42)31-13-15-33(16-14-31)45-24-20-35-18-17-34-5-3-25-52-47(34)48(35)54-45/h1-29H. The van der Waals surface area contributed by atoms with E-state index in [0.717, 1.165) is 82.5 Å². The monoisotopic (exact) mass is 704 g/mol. The summed E-state index contributed by atoms with van der Waals surface area (Å²) in [7, 11) is 0. The van der Waals surface area contributed by atoms with Crippen LogP contribution >= 0.6 is 0 Å². The normalized spacial score (nSPS) is 11.7. The van der Waals surface area contributed by atoms with Crippen LogP contribution in [0.5, 0.6) is 0 Å². The Bertz CT molecular complexity index is 3320. The predicted molar refractivity (Wildman–Crippen MR) is 224 cm³/mol. The van der Waals surface area contributed by atoms with Crippen LogP contribution in [0.2, 0.25) is 0 Å². The average molecular weight is 705 g/mol. The third-order valence-corrected chi connectivity index (χ3v) is 10.8. The number of hydrogen-bond donors (Lipinski definition) is 0. The number of fused-ring (bicyclic) bond motifs is 8. The zero-order valence-corrected chi connectivity index (χ0v) is 29.4. The first-order valence-corrected chi connectivity index (χ1v) is 18.3. The lowest BCUT2D eigenvalue weighted by atomic mass is 9.90. The Morgan fingerprint density at radius 1 is 0.345 bits per heavy atom. The average Bonchev–Trinajstić information content (AvgIpc) is 3.25. The molecule has 256 valence electrons. The highest BCUT2D eigenvalue weighted by Crippen LogP contribution is 2.39. The van der Waals surface area contributed by atoms with Crippen LogP contribution in [0.3, 0.4) is 0 Å². The van der Waals surface area contributed by atoms with E-state index in [4.69, 9.17) is 15.0 Å². The molecule has 0 saturated carbocycles. The fourth-order valence-electron chi connectivity index (χ4n) is 8.08. The molecule has 5 heteroatoms. The van der Waals surface area contributed by atoms with Gasteiger partial charge in [-0.25, -0.2) is 14.4 Å². The molecule has 4 nitrogen and oxygen atoms in total. The molecule has 0 aliphatic rings. The maximum atomic E-state index is 14.1. The molecule has 0 bridgehead atoms. The second-order valence-corrected chi connectivity index (χ2v) is 14.0. The largest absolute Gasteiger partial charge is 0.254 e. The first-order chi connectivity index (χ1) is 27.1. The van der Waals surface area contributed by atoms with Crippen molar-refractivity contribution >= 4 is 65.3 Å². The van der Waals surface area contributed by atoms with Crippen molar-refractivity contribution in [3.8, 4) is 44.6 Å². The van der Waals surface area contributed by atoms with Crippen molar-refractivity contribution in [1.29, 1.82) is 0 Å². The number of hydrogen-bond acceptors (Lipinski definition) is 4. The van der Waals surface area contributed by atoms with Gasteiger partial charge in [0, 0.05) is 51.0 Å².